The first-order chi connectivity index (χ1) is 9.85. The maximum absolute atomic E-state index is 8.66. The molecule has 5 heteroatoms. The molecule has 0 atom stereocenters. The third-order valence-electron chi connectivity index (χ3n) is 3.59. The molecule has 2 rings (SSSR count). The fraction of sp³-hybridized carbons (Fsp3) is 0.600. The van der Waals surface area contributed by atoms with Crippen LogP contribution in [0, 0.1) is 0 Å². The molecule has 112 valence electrons. The van der Waals surface area contributed by atoms with Crippen LogP contribution in [0.4, 0.5) is 5.69 Å². The van der Waals surface area contributed by atoms with Crippen LogP contribution >= 0.6 is 0 Å². The Morgan fingerprint density at radius 2 is 1.85 bits per heavy atom. The van der Waals surface area contributed by atoms with Crippen molar-refractivity contribution in [2.75, 3.05) is 64.6 Å². The molecule has 20 heavy (non-hydrogen) atoms. The zero-order valence-corrected chi connectivity index (χ0v) is 12.1. The lowest BCUT2D eigenvalue weighted by molar-refractivity contribution is 0.0724. The van der Waals surface area contributed by atoms with Gasteiger partial charge < -0.3 is 19.5 Å². The summed E-state index contributed by atoms with van der Waals surface area (Å²) in [7, 11) is 1.72. The van der Waals surface area contributed by atoms with E-state index in [-0.39, 0.29) is 6.61 Å². The van der Waals surface area contributed by atoms with Gasteiger partial charge in [0.05, 0.1) is 32.6 Å². The van der Waals surface area contributed by atoms with E-state index in [0.29, 0.717) is 13.2 Å². The van der Waals surface area contributed by atoms with E-state index in [4.69, 9.17) is 14.6 Å². The van der Waals surface area contributed by atoms with Crippen LogP contribution in [-0.4, -0.2) is 69.7 Å². The van der Waals surface area contributed by atoms with E-state index >= 15 is 0 Å². The molecule has 0 unspecified atom stereocenters. The Labute approximate surface area is 120 Å². The Hall–Kier alpha value is -1.30. The zero-order valence-electron chi connectivity index (χ0n) is 12.1. The topological polar surface area (TPSA) is 45.2 Å². The minimum atomic E-state index is 0.0988. The highest BCUT2D eigenvalue weighted by atomic mass is 16.5. The van der Waals surface area contributed by atoms with E-state index < -0.39 is 0 Å². The SMILES string of the molecule is COc1ccccc1N1CCN(CCOCCO)CC1. The first kappa shape index (κ1) is 15.1. The molecule has 1 heterocycles. The number of hydrogen-bond donors (Lipinski definition) is 1. The summed E-state index contributed by atoms with van der Waals surface area (Å²) in [5.41, 5.74) is 1.17. The second-order valence-electron chi connectivity index (χ2n) is 4.84. The summed E-state index contributed by atoms with van der Waals surface area (Å²) in [6.45, 7) is 6.21. The molecular formula is C15H24N2O3. The Bertz CT molecular complexity index is 392. The first-order valence-electron chi connectivity index (χ1n) is 7.14. The number of aliphatic hydroxyl groups excluding tert-OH is 1. The third-order valence-corrected chi connectivity index (χ3v) is 3.59. The van der Waals surface area contributed by atoms with Crippen LogP contribution in [0.25, 0.3) is 0 Å². The lowest BCUT2D eigenvalue weighted by Crippen LogP contribution is -2.47. The van der Waals surface area contributed by atoms with Crippen molar-refractivity contribution in [1.29, 1.82) is 0 Å². The molecule has 0 radical (unpaired) electrons. The molecule has 1 fully saturated rings. The number of hydrogen-bond acceptors (Lipinski definition) is 5. The predicted molar refractivity (Wildman–Crippen MR) is 79.6 cm³/mol. The minimum Gasteiger partial charge on any atom is -0.495 e. The fourth-order valence-corrected chi connectivity index (χ4v) is 2.46. The van der Waals surface area contributed by atoms with Crippen LogP contribution in [-0.2, 0) is 4.74 Å². The first-order valence-corrected chi connectivity index (χ1v) is 7.14. The van der Waals surface area contributed by atoms with Gasteiger partial charge >= 0.3 is 0 Å². The number of ether oxygens (including phenoxy) is 2. The monoisotopic (exact) mass is 280 g/mol. The summed E-state index contributed by atoms with van der Waals surface area (Å²) in [5.74, 6) is 0.937. The highest BCUT2D eigenvalue weighted by Gasteiger charge is 2.18. The molecule has 1 aliphatic heterocycles. The number of piperazine rings is 1. The van der Waals surface area contributed by atoms with Gasteiger partial charge in [-0.2, -0.15) is 0 Å². The van der Waals surface area contributed by atoms with Crippen LogP contribution < -0.4 is 9.64 Å². The maximum atomic E-state index is 8.66. The molecule has 0 spiro atoms. The van der Waals surface area contributed by atoms with Crippen molar-refractivity contribution in [2.24, 2.45) is 0 Å². The molecule has 5 nitrogen and oxygen atoms in total. The number of benzene rings is 1. The van der Waals surface area contributed by atoms with E-state index in [9.17, 15) is 0 Å². The van der Waals surface area contributed by atoms with Crippen molar-refractivity contribution in [1.82, 2.24) is 4.90 Å². The lowest BCUT2D eigenvalue weighted by atomic mass is 10.2. The van der Waals surface area contributed by atoms with Crippen LogP contribution in [0.15, 0.2) is 24.3 Å². The molecule has 1 aliphatic rings. The van der Waals surface area contributed by atoms with E-state index in [1.54, 1.807) is 7.11 Å². The van der Waals surface area contributed by atoms with Crippen LogP contribution in [0.5, 0.6) is 5.75 Å². The van der Waals surface area contributed by atoms with E-state index in [1.807, 2.05) is 18.2 Å². The van der Waals surface area contributed by atoms with Crippen molar-refractivity contribution < 1.29 is 14.6 Å². The number of anilines is 1. The predicted octanol–water partition coefficient (Wildman–Crippen LogP) is 0.826. The molecule has 1 aromatic rings. The van der Waals surface area contributed by atoms with E-state index in [2.05, 4.69) is 15.9 Å². The number of nitrogens with zero attached hydrogens (tertiary/aromatic N) is 2. The Balaban J connectivity index is 1.79. The molecule has 0 amide bonds. The Morgan fingerprint density at radius 1 is 1.10 bits per heavy atom. The average molecular weight is 280 g/mol. The Morgan fingerprint density at radius 3 is 2.55 bits per heavy atom. The molecule has 0 aliphatic carbocycles. The highest BCUT2D eigenvalue weighted by molar-refractivity contribution is 5.58. The van der Waals surface area contributed by atoms with Crippen molar-refractivity contribution in [3.63, 3.8) is 0 Å². The number of methoxy groups -OCH3 is 1. The minimum absolute atomic E-state index is 0.0988. The second-order valence-corrected chi connectivity index (χ2v) is 4.84. The maximum Gasteiger partial charge on any atom is 0.142 e. The molecule has 0 aromatic heterocycles. The smallest absolute Gasteiger partial charge is 0.142 e. The number of rotatable bonds is 7. The van der Waals surface area contributed by atoms with Crippen molar-refractivity contribution in [3.05, 3.63) is 24.3 Å². The average Bonchev–Trinajstić information content (AvgIpc) is 2.52. The third kappa shape index (κ3) is 4.10. The van der Waals surface area contributed by atoms with Crippen LogP contribution in [0.2, 0.25) is 0 Å². The summed E-state index contributed by atoms with van der Waals surface area (Å²) in [4.78, 5) is 4.76. The molecule has 1 aromatic carbocycles. The van der Waals surface area contributed by atoms with Crippen molar-refractivity contribution in [2.45, 2.75) is 0 Å². The van der Waals surface area contributed by atoms with Gasteiger partial charge in [0.15, 0.2) is 0 Å². The summed E-state index contributed by atoms with van der Waals surface area (Å²) in [5, 5.41) is 8.66. The lowest BCUT2D eigenvalue weighted by Gasteiger charge is -2.36. The fourth-order valence-electron chi connectivity index (χ4n) is 2.46. The number of aliphatic hydroxyl groups is 1. The van der Waals surface area contributed by atoms with Gasteiger partial charge in [-0.1, -0.05) is 12.1 Å². The van der Waals surface area contributed by atoms with Gasteiger partial charge in [-0.25, -0.2) is 0 Å². The molecule has 0 saturated carbocycles. The summed E-state index contributed by atoms with van der Waals surface area (Å²) >= 11 is 0. The second kappa shape index (κ2) is 8.09. The largest absolute Gasteiger partial charge is 0.495 e. The van der Waals surface area contributed by atoms with E-state index in [0.717, 1.165) is 38.5 Å². The summed E-state index contributed by atoms with van der Waals surface area (Å²) < 4.78 is 10.7. The van der Waals surface area contributed by atoms with Crippen molar-refractivity contribution >= 4 is 5.69 Å². The molecule has 1 N–H and O–H groups in total. The number of para-hydroxylation sites is 2. The van der Waals surface area contributed by atoms with Gasteiger partial charge in [-0.3, -0.25) is 4.90 Å². The van der Waals surface area contributed by atoms with Crippen molar-refractivity contribution in [3.8, 4) is 5.75 Å². The normalized spacial score (nSPS) is 16.4. The Kier molecular flexibility index (Phi) is 6.11. The van der Waals surface area contributed by atoms with Gasteiger partial charge in [-0.05, 0) is 12.1 Å². The van der Waals surface area contributed by atoms with Gasteiger partial charge in [0.1, 0.15) is 5.75 Å². The van der Waals surface area contributed by atoms with Crippen LogP contribution in [0.1, 0.15) is 0 Å². The summed E-state index contributed by atoms with van der Waals surface area (Å²) in [6.07, 6.45) is 0. The van der Waals surface area contributed by atoms with Gasteiger partial charge in [0, 0.05) is 32.7 Å². The quantitative estimate of drug-likeness (QED) is 0.750. The molecule has 1 saturated heterocycles. The van der Waals surface area contributed by atoms with E-state index in [1.165, 1.54) is 5.69 Å². The molecular weight excluding hydrogens is 256 g/mol. The van der Waals surface area contributed by atoms with Gasteiger partial charge in [-0.15, -0.1) is 0 Å². The van der Waals surface area contributed by atoms with Crippen LogP contribution in [0.3, 0.4) is 0 Å². The molecule has 0 bridgehead atoms. The van der Waals surface area contributed by atoms with Gasteiger partial charge in [0.25, 0.3) is 0 Å². The standard InChI is InChI=1S/C15H24N2O3/c1-19-15-5-3-2-4-14(15)17-8-6-16(7-9-17)10-12-20-13-11-18/h2-5,18H,6-13H2,1H3. The highest BCUT2D eigenvalue weighted by Crippen LogP contribution is 2.28. The zero-order chi connectivity index (χ0) is 14.2. The summed E-state index contributed by atoms with van der Waals surface area (Å²) in [6, 6.07) is 8.16. The van der Waals surface area contributed by atoms with Gasteiger partial charge in [0.2, 0.25) is 0 Å².